The fourth-order valence-electron chi connectivity index (χ4n) is 1.42. The quantitative estimate of drug-likeness (QED) is 0.509. The molecule has 5 nitrogen and oxygen atoms in total. The molecule has 0 saturated heterocycles. The smallest absolute Gasteiger partial charge is 0.308 e. The topological polar surface area (TPSA) is 92.4 Å². The van der Waals surface area contributed by atoms with Gasteiger partial charge >= 0.3 is 5.97 Å². The number of carboxylic acid groups (broad SMARTS) is 1. The van der Waals surface area contributed by atoms with E-state index in [1.165, 1.54) is 0 Å². The summed E-state index contributed by atoms with van der Waals surface area (Å²) in [5, 5.41) is 11.5. The van der Waals surface area contributed by atoms with Crippen molar-refractivity contribution in [1.29, 1.82) is 0 Å². The molecule has 5 heteroatoms. The molecule has 0 aromatic carbocycles. The summed E-state index contributed by atoms with van der Waals surface area (Å²) in [6, 6.07) is 0. The Labute approximate surface area is 96.4 Å². The molecule has 4 N–H and O–H groups in total. The number of unbranched alkanes of at least 4 members (excludes halogenated alkanes) is 1. The van der Waals surface area contributed by atoms with Gasteiger partial charge in [0.1, 0.15) is 0 Å². The van der Waals surface area contributed by atoms with Crippen LogP contribution in [0.25, 0.3) is 0 Å². The third kappa shape index (κ3) is 7.23. The summed E-state index contributed by atoms with van der Waals surface area (Å²) in [7, 11) is 0. The van der Waals surface area contributed by atoms with Crippen molar-refractivity contribution in [2.45, 2.75) is 39.0 Å². The highest BCUT2D eigenvalue weighted by molar-refractivity contribution is 5.77. The van der Waals surface area contributed by atoms with E-state index in [2.05, 4.69) is 5.32 Å². The summed E-state index contributed by atoms with van der Waals surface area (Å²) >= 11 is 0. The van der Waals surface area contributed by atoms with Crippen LogP contribution >= 0.6 is 0 Å². The Kier molecular flexibility index (Phi) is 8.52. The van der Waals surface area contributed by atoms with Crippen LogP contribution in [0.1, 0.15) is 39.0 Å². The number of carboxylic acids is 1. The number of rotatable bonds is 9. The highest BCUT2D eigenvalue weighted by atomic mass is 16.4. The van der Waals surface area contributed by atoms with Crippen LogP contribution in [0.4, 0.5) is 0 Å². The van der Waals surface area contributed by atoms with Crippen LogP contribution in [0.2, 0.25) is 0 Å². The second-order valence-corrected chi connectivity index (χ2v) is 3.87. The average Bonchev–Trinajstić information content (AvgIpc) is 2.24. The van der Waals surface area contributed by atoms with Gasteiger partial charge in [-0.2, -0.15) is 0 Å². The van der Waals surface area contributed by atoms with Crippen molar-refractivity contribution < 1.29 is 14.7 Å². The maximum atomic E-state index is 11.3. The second-order valence-electron chi connectivity index (χ2n) is 3.87. The van der Waals surface area contributed by atoms with E-state index in [1.54, 1.807) is 0 Å². The van der Waals surface area contributed by atoms with Crippen molar-refractivity contribution in [1.82, 2.24) is 5.32 Å². The number of hydrogen-bond acceptors (Lipinski definition) is 3. The number of nitrogens with one attached hydrogen (secondary N) is 1. The molecule has 0 spiro atoms. The highest BCUT2D eigenvalue weighted by Crippen LogP contribution is 2.05. The molecule has 0 heterocycles. The molecule has 0 fully saturated rings. The van der Waals surface area contributed by atoms with E-state index in [0.29, 0.717) is 19.4 Å². The van der Waals surface area contributed by atoms with E-state index >= 15 is 0 Å². The number of aliphatic carboxylic acids is 1. The minimum absolute atomic E-state index is 0.0872. The fraction of sp³-hybridized carbons (Fsp3) is 0.818. The molecule has 16 heavy (non-hydrogen) atoms. The zero-order chi connectivity index (χ0) is 12.4. The highest BCUT2D eigenvalue weighted by Gasteiger charge is 2.16. The number of nitrogens with two attached hydrogens (primary N) is 1. The van der Waals surface area contributed by atoms with Gasteiger partial charge in [-0.25, -0.2) is 0 Å². The van der Waals surface area contributed by atoms with Gasteiger partial charge in [0.25, 0.3) is 0 Å². The van der Waals surface area contributed by atoms with Crippen LogP contribution in [0.15, 0.2) is 0 Å². The molecule has 0 aliphatic heterocycles. The lowest BCUT2D eigenvalue weighted by Gasteiger charge is -2.12. The third-order valence-electron chi connectivity index (χ3n) is 2.39. The first kappa shape index (κ1) is 14.9. The summed E-state index contributed by atoms with van der Waals surface area (Å²) in [6.07, 6.45) is 3.41. The monoisotopic (exact) mass is 230 g/mol. The standard InChI is InChI=1S/C11H22N2O3/c1-2-5-9(11(15)16)8-13-10(14)6-3-4-7-12/h9H,2-8,12H2,1H3,(H,13,14)(H,15,16). The molecule has 0 aromatic rings. The van der Waals surface area contributed by atoms with Gasteiger partial charge in [-0.3, -0.25) is 9.59 Å². The number of hydrogen-bond donors (Lipinski definition) is 3. The van der Waals surface area contributed by atoms with Gasteiger partial charge in [0.15, 0.2) is 0 Å². The summed E-state index contributed by atoms with van der Waals surface area (Å²) in [5.41, 5.74) is 5.31. The normalized spacial score (nSPS) is 12.1. The molecule has 0 bridgehead atoms. The molecular weight excluding hydrogens is 208 g/mol. The minimum atomic E-state index is -0.843. The molecule has 0 radical (unpaired) electrons. The van der Waals surface area contributed by atoms with E-state index in [4.69, 9.17) is 10.8 Å². The van der Waals surface area contributed by atoms with Crippen LogP contribution in [-0.2, 0) is 9.59 Å². The summed E-state index contributed by atoms with van der Waals surface area (Å²) < 4.78 is 0. The van der Waals surface area contributed by atoms with Crippen molar-refractivity contribution in [2.75, 3.05) is 13.1 Å². The van der Waals surface area contributed by atoms with Crippen molar-refractivity contribution in [3.05, 3.63) is 0 Å². The lowest BCUT2D eigenvalue weighted by Crippen LogP contribution is -2.32. The predicted molar refractivity (Wildman–Crippen MR) is 61.9 cm³/mol. The summed E-state index contributed by atoms with van der Waals surface area (Å²) in [4.78, 5) is 22.1. The Morgan fingerprint density at radius 3 is 2.56 bits per heavy atom. The molecule has 0 aromatic heterocycles. The predicted octanol–water partition coefficient (Wildman–Crippen LogP) is 0.733. The fourth-order valence-corrected chi connectivity index (χ4v) is 1.42. The third-order valence-corrected chi connectivity index (χ3v) is 2.39. The maximum absolute atomic E-state index is 11.3. The first-order valence-corrected chi connectivity index (χ1v) is 5.81. The Morgan fingerprint density at radius 1 is 1.38 bits per heavy atom. The molecule has 1 amide bonds. The zero-order valence-electron chi connectivity index (χ0n) is 9.87. The largest absolute Gasteiger partial charge is 0.481 e. The van der Waals surface area contributed by atoms with E-state index in [-0.39, 0.29) is 12.5 Å². The van der Waals surface area contributed by atoms with Gasteiger partial charge < -0.3 is 16.2 Å². The number of carbonyl (C=O) groups is 2. The van der Waals surface area contributed by atoms with E-state index in [1.807, 2.05) is 6.92 Å². The van der Waals surface area contributed by atoms with Gasteiger partial charge in [-0.05, 0) is 25.8 Å². The molecule has 94 valence electrons. The van der Waals surface area contributed by atoms with E-state index in [0.717, 1.165) is 19.3 Å². The van der Waals surface area contributed by atoms with Gasteiger partial charge in [-0.1, -0.05) is 13.3 Å². The van der Waals surface area contributed by atoms with Crippen LogP contribution in [-0.4, -0.2) is 30.1 Å². The van der Waals surface area contributed by atoms with Gasteiger partial charge in [0, 0.05) is 13.0 Å². The molecular formula is C11H22N2O3. The van der Waals surface area contributed by atoms with Crippen LogP contribution in [0.5, 0.6) is 0 Å². The lowest BCUT2D eigenvalue weighted by atomic mass is 10.0. The van der Waals surface area contributed by atoms with E-state index < -0.39 is 11.9 Å². The van der Waals surface area contributed by atoms with Crippen LogP contribution < -0.4 is 11.1 Å². The van der Waals surface area contributed by atoms with Crippen molar-refractivity contribution in [3.63, 3.8) is 0 Å². The number of amides is 1. The average molecular weight is 230 g/mol. The molecule has 0 aliphatic carbocycles. The molecule has 0 rings (SSSR count). The lowest BCUT2D eigenvalue weighted by molar-refractivity contribution is -0.141. The van der Waals surface area contributed by atoms with Gasteiger partial charge in [0.05, 0.1) is 5.92 Å². The minimum Gasteiger partial charge on any atom is -0.481 e. The van der Waals surface area contributed by atoms with Gasteiger partial charge in [-0.15, -0.1) is 0 Å². The second kappa shape index (κ2) is 9.15. The van der Waals surface area contributed by atoms with Crippen LogP contribution in [0.3, 0.4) is 0 Å². The van der Waals surface area contributed by atoms with Gasteiger partial charge in [0.2, 0.25) is 5.91 Å². The Morgan fingerprint density at radius 2 is 2.06 bits per heavy atom. The Hall–Kier alpha value is -1.10. The summed E-state index contributed by atoms with van der Waals surface area (Å²) in [5.74, 6) is -1.40. The van der Waals surface area contributed by atoms with Crippen molar-refractivity contribution in [3.8, 4) is 0 Å². The molecule has 1 unspecified atom stereocenters. The zero-order valence-corrected chi connectivity index (χ0v) is 9.87. The maximum Gasteiger partial charge on any atom is 0.308 e. The Bertz CT molecular complexity index is 219. The molecule has 1 atom stereocenters. The SMILES string of the molecule is CCCC(CNC(=O)CCCCN)C(=O)O. The molecule has 0 saturated carbocycles. The first-order chi connectivity index (χ1) is 7.61. The summed E-state index contributed by atoms with van der Waals surface area (Å²) in [6.45, 7) is 2.74. The van der Waals surface area contributed by atoms with Crippen molar-refractivity contribution in [2.24, 2.45) is 11.7 Å². The van der Waals surface area contributed by atoms with E-state index in [9.17, 15) is 9.59 Å². The Balaban J connectivity index is 3.74. The van der Waals surface area contributed by atoms with Crippen LogP contribution in [0, 0.1) is 5.92 Å². The first-order valence-electron chi connectivity index (χ1n) is 5.81. The number of carbonyl (C=O) groups excluding carboxylic acids is 1. The van der Waals surface area contributed by atoms with Crippen molar-refractivity contribution >= 4 is 11.9 Å². The molecule has 0 aliphatic rings.